The monoisotopic (exact) mass is 520 g/mol. The predicted molar refractivity (Wildman–Crippen MR) is 150 cm³/mol. The molecule has 6 heteroatoms. The van der Waals surface area contributed by atoms with E-state index in [4.69, 9.17) is 11.6 Å². The molecule has 0 bridgehead atoms. The summed E-state index contributed by atoms with van der Waals surface area (Å²) < 4.78 is 27.5. The zero-order valence-corrected chi connectivity index (χ0v) is 23.2. The van der Waals surface area contributed by atoms with Crippen molar-refractivity contribution >= 4 is 27.3 Å². The summed E-state index contributed by atoms with van der Waals surface area (Å²) in [7, 11) is -3.99. The van der Waals surface area contributed by atoms with Crippen LogP contribution in [0, 0.1) is 11.8 Å². The van der Waals surface area contributed by atoms with Gasteiger partial charge in [0.1, 0.15) is 5.71 Å². The lowest BCUT2D eigenvalue weighted by atomic mass is 9.89. The summed E-state index contributed by atoms with van der Waals surface area (Å²) >= 11 is 6.20. The minimum Gasteiger partial charge on any atom is -0.200 e. The second-order valence-corrected chi connectivity index (χ2v) is 11.7. The molecule has 0 aliphatic carbocycles. The van der Waals surface area contributed by atoms with Crippen molar-refractivity contribution in [2.45, 2.75) is 64.2 Å². The molecule has 3 rings (SSSR count). The van der Waals surface area contributed by atoms with Gasteiger partial charge in [0, 0.05) is 16.1 Å². The lowest BCUT2D eigenvalue weighted by Gasteiger charge is -2.22. The van der Waals surface area contributed by atoms with Crippen LogP contribution in [0.25, 0.3) is 0 Å². The Morgan fingerprint density at radius 1 is 0.833 bits per heavy atom. The maximum Gasteiger partial charge on any atom is 0.277 e. The second kappa shape index (κ2) is 11.8. The number of nitrogens with one attached hydrogen (secondary N) is 1. The first-order valence-corrected chi connectivity index (χ1v) is 14.0. The highest BCUT2D eigenvalue weighted by Crippen LogP contribution is 2.35. The van der Waals surface area contributed by atoms with Crippen LogP contribution in [0.5, 0.6) is 0 Å². The van der Waals surface area contributed by atoms with Crippen molar-refractivity contribution < 1.29 is 8.42 Å². The molecule has 0 aliphatic rings. The highest BCUT2D eigenvalue weighted by atomic mass is 35.5. The van der Waals surface area contributed by atoms with Crippen molar-refractivity contribution in [3.05, 3.63) is 99.6 Å². The van der Waals surface area contributed by atoms with Crippen LogP contribution in [0.1, 0.15) is 87.1 Å². The van der Waals surface area contributed by atoms with Crippen molar-refractivity contribution in [3.8, 4) is 11.8 Å². The molecule has 1 N–H and O–H groups in total. The Morgan fingerprint density at radius 3 is 1.97 bits per heavy atom. The van der Waals surface area contributed by atoms with Crippen molar-refractivity contribution in [1.29, 1.82) is 0 Å². The average molecular weight is 521 g/mol. The van der Waals surface area contributed by atoms with Crippen LogP contribution in [0.4, 0.5) is 0 Å². The summed E-state index contributed by atoms with van der Waals surface area (Å²) in [6.07, 6.45) is 0. The molecular formula is C30H33ClN2O2S. The fourth-order valence-corrected chi connectivity index (χ4v) is 5.51. The Labute approximate surface area is 220 Å². The largest absolute Gasteiger partial charge is 0.277 e. The SMILES string of the molecule is CC(C)c1cc(C(C)C)c(S(=O)(=O)N/N=C(\C#Cc2ccccc2)c2cccc(Cl)c2)c(C(C)C)c1. The zero-order chi connectivity index (χ0) is 26.5. The van der Waals surface area contributed by atoms with Gasteiger partial charge >= 0.3 is 0 Å². The van der Waals surface area contributed by atoms with E-state index >= 15 is 0 Å². The minimum absolute atomic E-state index is 0.0158. The van der Waals surface area contributed by atoms with Gasteiger partial charge in [-0.05, 0) is 64.6 Å². The maximum atomic E-state index is 13.7. The van der Waals surface area contributed by atoms with Gasteiger partial charge < -0.3 is 0 Å². The molecule has 0 saturated heterocycles. The third kappa shape index (κ3) is 6.78. The Balaban J connectivity index is 2.14. The molecule has 0 spiro atoms. The van der Waals surface area contributed by atoms with Gasteiger partial charge in [0.25, 0.3) is 10.0 Å². The Morgan fingerprint density at radius 2 is 1.44 bits per heavy atom. The van der Waals surface area contributed by atoms with E-state index in [9.17, 15) is 8.42 Å². The fourth-order valence-electron chi connectivity index (χ4n) is 3.80. The molecule has 0 heterocycles. The summed E-state index contributed by atoms with van der Waals surface area (Å²) in [5.74, 6) is 6.39. The highest BCUT2D eigenvalue weighted by molar-refractivity contribution is 7.89. The molecular weight excluding hydrogens is 488 g/mol. The van der Waals surface area contributed by atoms with Crippen LogP contribution >= 0.6 is 11.6 Å². The molecule has 0 saturated carbocycles. The number of benzene rings is 3. The van der Waals surface area contributed by atoms with Crippen molar-refractivity contribution in [1.82, 2.24) is 4.83 Å². The van der Waals surface area contributed by atoms with E-state index in [1.165, 1.54) is 0 Å². The topological polar surface area (TPSA) is 58.5 Å². The van der Waals surface area contributed by atoms with E-state index in [2.05, 4.69) is 35.6 Å². The second-order valence-electron chi connectivity index (χ2n) is 9.67. The molecule has 0 radical (unpaired) electrons. The summed E-state index contributed by atoms with van der Waals surface area (Å²) in [5, 5.41) is 4.82. The van der Waals surface area contributed by atoms with E-state index in [1.54, 1.807) is 24.3 Å². The summed E-state index contributed by atoms with van der Waals surface area (Å²) in [5.41, 5.74) is 4.39. The molecule has 3 aromatic carbocycles. The third-order valence-corrected chi connectivity index (χ3v) is 7.40. The smallest absolute Gasteiger partial charge is 0.200 e. The molecule has 3 aromatic rings. The van der Waals surface area contributed by atoms with Gasteiger partial charge in [-0.15, -0.1) is 0 Å². The van der Waals surface area contributed by atoms with E-state index in [1.807, 2.05) is 70.2 Å². The van der Waals surface area contributed by atoms with Gasteiger partial charge in [-0.2, -0.15) is 18.4 Å². The molecule has 36 heavy (non-hydrogen) atoms. The van der Waals surface area contributed by atoms with E-state index in [0.717, 1.165) is 22.3 Å². The third-order valence-electron chi connectivity index (χ3n) is 5.82. The zero-order valence-electron chi connectivity index (χ0n) is 21.6. The number of sulfonamides is 1. The lowest BCUT2D eigenvalue weighted by Crippen LogP contribution is -2.24. The van der Waals surface area contributed by atoms with Gasteiger partial charge in [-0.1, -0.05) is 102 Å². The average Bonchev–Trinajstić information content (AvgIpc) is 2.83. The molecule has 0 unspecified atom stereocenters. The number of hydrazone groups is 1. The molecule has 0 amide bonds. The van der Waals surface area contributed by atoms with Gasteiger partial charge in [0.15, 0.2) is 0 Å². The van der Waals surface area contributed by atoms with Gasteiger partial charge in [0.05, 0.1) is 4.90 Å². The van der Waals surface area contributed by atoms with Crippen LogP contribution < -0.4 is 4.83 Å². The molecule has 0 aromatic heterocycles. The fraction of sp³-hybridized carbons (Fsp3) is 0.300. The van der Waals surface area contributed by atoms with Crippen LogP contribution in [-0.4, -0.2) is 14.1 Å². The number of rotatable bonds is 7. The number of halogens is 1. The quantitative estimate of drug-likeness (QED) is 0.200. The van der Waals surface area contributed by atoms with Gasteiger partial charge in [-0.3, -0.25) is 0 Å². The first kappa shape index (κ1) is 27.5. The van der Waals surface area contributed by atoms with E-state index < -0.39 is 10.0 Å². The Kier molecular flexibility index (Phi) is 9.00. The number of hydrogen-bond acceptors (Lipinski definition) is 3. The normalized spacial score (nSPS) is 12.1. The van der Waals surface area contributed by atoms with E-state index in [0.29, 0.717) is 15.5 Å². The lowest BCUT2D eigenvalue weighted by molar-refractivity contribution is 0.579. The van der Waals surface area contributed by atoms with Crippen molar-refractivity contribution in [2.24, 2.45) is 5.10 Å². The highest BCUT2D eigenvalue weighted by Gasteiger charge is 2.27. The summed E-state index contributed by atoms with van der Waals surface area (Å²) in [4.78, 5) is 2.78. The maximum absolute atomic E-state index is 13.7. The number of nitrogens with zero attached hydrogens (tertiary/aromatic N) is 1. The molecule has 0 aliphatic heterocycles. The van der Waals surface area contributed by atoms with Crippen LogP contribution in [-0.2, 0) is 10.0 Å². The first-order valence-electron chi connectivity index (χ1n) is 12.1. The molecule has 0 atom stereocenters. The first-order chi connectivity index (χ1) is 17.0. The standard InChI is InChI=1S/C30H33ClN2O2S/c1-20(2)25-18-27(21(3)4)30(28(19-25)22(5)6)36(34,35)33-32-29(24-13-10-14-26(31)17-24)16-15-23-11-8-7-9-12-23/h7-14,17-22,33H,1-6H3/b32-29+. The van der Waals surface area contributed by atoms with Gasteiger partial charge in [0.2, 0.25) is 0 Å². The molecule has 4 nitrogen and oxygen atoms in total. The van der Waals surface area contributed by atoms with Crippen LogP contribution in [0.15, 0.2) is 76.7 Å². The van der Waals surface area contributed by atoms with Crippen molar-refractivity contribution in [2.75, 3.05) is 0 Å². The van der Waals surface area contributed by atoms with Crippen LogP contribution in [0.2, 0.25) is 5.02 Å². The van der Waals surface area contributed by atoms with Crippen LogP contribution in [0.3, 0.4) is 0 Å². The molecule has 188 valence electrons. The summed E-state index contributed by atoms with van der Waals surface area (Å²) in [6.45, 7) is 12.3. The van der Waals surface area contributed by atoms with Crippen molar-refractivity contribution in [3.63, 3.8) is 0 Å². The Bertz CT molecular complexity index is 1390. The summed E-state index contributed by atoms with van der Waals surface area (Å²) in [6, 6.07) is 20.5. The number of hydrogen-bond donors (Lipinski definition) is 1. The Hall–Kier alpha value is -3.07. The predicted octanol–water partition coefficient (Wildman–Crippen LogP) is 7.44. The van der Waals surface area contributed by atoms with Gasteiger partial charge in [-0.25, -0.2) is 0 Å². The van der Waals surface area contributed by atoms with E-state index in [-0.39, 0.29) is 23.5 Å². The molecule has 0 fully saturated rings. The minimum atomic E-state index is -3.99.